The number of pyridine rings is 1. The first-order valence-corrected chi connectivity index (χ1v) is 10.1. The van der Waals surface area contributed by atoms with E-state index < -0.39 is 33.6 Å². The van der Waals surface area contributed by atoms with Crippen molar-refractivity contribution in [3.8, 4) is 0 Å². The van der Waals surface area contributed by atoms with E-state index in [0.29, 0.717) is 22.0 Å². The Labute approximate surface area is 169 Å². The molecule has 0 amide bonds. The van der Waals surface area contributed by atoms with Crippen LogP contribution in [0.25, 0.3) is 17.0 Å². The second-order valence-electron chi connectivity index (χ2n) is 5.73. The highest BCUT2D eigenvalue weighted by Gasteiger charge is 2.22. The van der Waals surface area contributed by atoms with Crippen molar-refractivity contribution >= 4 is 50.4 Å². The number of esters is 1. The molecule has 0 spiro atoms. The van der Waals surface area contributed by atoms with Crippen LogP contribution >= 0.6 is 11.6 Å². The molecule has 0 fully saturated rings. The molecule has 7 nitrogen and oxygen atoms in total. The Morgan fingerprint density at radius 1 is 1.34 bits per heavy atom. The molecule has 2 N–H and O–H groups in total. The molecule has 2 heterocycles. The average molecular weight is 442 g/mol. The lowest BCUT2D eigenvalue weighted by Gasteiger charge is -2.08. The van der Waals surface area contributed by atoms with Crippen LogP contribution in [0.15, 0.2) is 41.4 Å². The number of H-pyrrole nitrogens is 1. The molecule has 0 aliphatic rings. The molecule has 3 aromatic rings. The zero-order valence-corrected chi connectivity index (χ0v) is 16.4. The fraction of sp³-hybridized carbons (Fsp3) is 0.111. The number of halogens is 3. The molecule has 2 aromatic heterocycles. The number of hydrogen-bond donors (Lipinski definition) is 2. The summed E-state index contributed by atoms with van der Waals surface area (Å²) in [5.74, 6) is -3.85. The van der Waals surface area contributed by atoms with Gasteiger partial charge in [0.25, 0.3) is 10.0 Å². The third kappa shape index (κ3) is 4.54. The van der Waals surface area contributed by atoms with E-state index in [1.807, 2.05) is 4.72 Å². The van der Waals surface area contributed by atoms with Crippen LogP contribution in [0, 0.1) is 11.8 Å². The number of rotatable bonds is 6. The molecule has 3 rings (SSSR count). The quantitative estimate of drug-likeness (QED) is 0.343. The molecular weight excluding hydrogens is 428 g/mol. The molecule has 1 aromatic carbocycles. The zero-order valence-electron chi connectivity index (χ0n) is 14.9. The van der Waals surface area contributed by atoms with Crippen LogP contribution in [-0.2, 0) is 19.6 Å². The van der Waals surface area contributed by atoms with E-state index >= 15 is 0 Å². The SMILES string of the molecule is CCOC(=O)C=Cc1cc(F)c(NS(=O)(=O)c2c[nH]c3cc(Cl)ccc23)nc1F. The Balaban J connectivity index is 1.91. The zero-order chi connectivity index (χ0) is 21.2. The lowest BCUT2D eigenvalue weighted by Crippen LogP contribution is -2.15. The van der Waals surface area contributed by atoms with Crippen molar-refractivity contribution in [1.82, 2.24) is 9.97 Å². The predicted octanol–water partition coefficient (Wildman–Crippen LogP) is 3.87. The summed E-state index contributed by atoms with van der Waals surface area (Å²) in [4.78, 5) is 17.2. The number of benzene rings is 1. The smallest absolute Gasteiger partial charge is 0.330 e. The maximum Gasteiger partial charge on any atom is 0.330 e. The molecule has 0 saturated heterocycles. The number of aromatic amines is 1. The van der Waals surface area contributed by atoms with Gasteiger partial charge in [-0.25, -0.2) is 17.6 Å². The minimum atomic E-state index is -4.28. The largest absolute Gasteiger partial charge is 0.463 e. The third-order valence-electron chi connectivity index (χ3n) is 3.77. The van der Waals surface area contributed by atoms with Gasteiger partial charge in [0.15, 0.2) is 11.6 Å². The fourth-order valence-electron chi connectivity index (χ4n) is 2.49. The number of sulfonamides is 1. The molecule has 0 aliphatic heterocycles. The van der Waals surface area contributed by atoms with Gasteiger partial charge in [-0.15, -0.1) is 0 Å². The molecular formula is C18H14ClF2N3O4S. The Kier molecular flexibility index (Phi) is 5.85. The van der Waals surface area contributed by atoms with Gasteiger partial charge in [-0.1, -0.05) is 11.6 Å². The Hall–Kier alpha value is -2.98. The van der Waals surface area contributed by atoms with Crippen molar-refractivity contribution in [2.45, 2.75) is 11.8 Å². The maximum absolute atomic E-state index is 14.3. The lowest BCUT2D eigenvalue weighted by molar-refractivity contribution is -0.137. The van der Waals surface area contributed by atoms with Gasteiger partial charge in [0.2, 0.25) is 5.95 Å². The molecule has 0 saturated carbocycles. The summed E-state index contributed by atoms with van der Waals surface area (Å²) in [6.45, 7) is 1.72. The average Bonchev–Trinajstić information content (AvgIpc) is 3.07. The van der Waals surface area contributed by atoms with Crippen LogP contribution in [0.2, 0.25) is 5.02 Å². The topological polar surface area (TPSA) is 101 Å². The highest BCUT2D eigenvalue weighted by molar-refractivity contribution is 7.93. The minimum absolute atomic E-state index is 0.124. The molecule has 0 unspecified atom stereocenters. The third-order valence-corrected chi connectivity index (χ3v) is 5.38. The van der Waals surface area contributed by atoms with Crippen LogP contribution in [0.3, 0.4) is 0 Å². The number of nitrogens with one attached hydrogen (secondary N) is 2. The standard InChI is InChI=1S/C18H14ClF2N3O4S/c1-2-28-16(25)6-3-10-7-13(20)18(23-17(10)21)24-29(26,27)15-9-22-14-8-11(19)4-5-12(14)15/h3-9,22H,2H2,1H3,(H,23,24). The van der Waals surface area contributed by atoms with Gasteiger partial charge in [0.05, 0.1) is 6.61 Å². The lowest BCUT2D eigenvalue weighted by atomic mass is 10.2. The maximum atomic E-state index is 14.3. The number of nitrogens with zero attached hydrogens (tertiary/aromatic N) is 1. The summed E-state index contributed by atoms with van der Waals surface area (Å²) in [6, 6.07) is 5.22. The Morgan fingerprint density at radius 2 is 2.10 bits per heavy atom. The predicted molar refractivity (Wildman–Crippen MR) is 104 cm³/mol. The number of carbonyl (C=O) groups excluding carboxylic acids is 1. The second-order valence-corrected chi connectivity index (χ2v) is 7.82. The molecule has 0 bridgehead atoms. The van der Waals surface area contributed by atoms with Crippen LogP contribution in [-0.4, -0.2) is 31.0 Å². The van der Waals surface area contributed by atoms with Crippen molar-refractivity contribution in [3.05, 3.63) is 58.9 Å². The Bertz CT molecular complexity index is 1230. The normalized spacial score (nSPS) is 11.9. The van der Waals surface area contributed by atoms with Crippen LogP contribution in [0.4, 0.5) is 14.6 Å². The van der Waals surface area contributed by atoms with Gasteiger partial charge in [0, 0.05) is 33.8 Å². The van der Waals surface area contributed by atoms with E-state index in [4.69, 9.17) is 11.6 Å². The van der Waals surface area contributed by atoms with E-state index in [1.54, 1.807) is 6.92 Å². The highest BCUT2D eigenvalue weighted by atomic mass is 35.5. The summed E-state index contributed by atoms with van der Waals surface area (Å²) in [6.07, 6.45) is 3.09. The van der Waals surface area contributed by atoms with E-state index in [0.717, 1.165) is 12.2 Å². The van der Waals surface area contributed by atoms with Crippen molar-refractivity contribution in [3.63, 3.8) is 0 Å². The van der Waals surface area contributed by atoms with Crippen molar-refractivity contribution in [1.29, 1.82) is 0 Å². The highest BCUT2D eigenvalue weighted by Crippen LogP contribution is 2.27. The van der Waals surface area contributed by atoms with Gasteiger partial charge in [-0.2, -0.15) is 9.37 Å². The first-order valence-electron chi connectivity index (χ1n) is 8.21. The second kappa shape index (κ2) is 8.18. The van der Waals surface area contributed by atoms with E-state index in [1.165, 1.54) is 24.4 Å². The molecule has 0 atom stereocenters. The molecule has 11 heteroatoms. The minimum Gasteiger partial charge on any atom is -0.463 e. The monoisotopic (exact) mass is 441 g/mol. The van der Waals surface area contributed by atoms with Crippen LogP contribution in [0.5, 0.6) is 0 Å². The van der Waals surface area contributed by atoms with Gasteiger partial charge in [-0.3, -0.25) is 4.72 Å². The number of fused-ring (bicyclic) bond motifs is 1. The first kappa shape index (κ1) is 20.7. The molecule has 0 aliphatic carbocycles. The number of ether oxygens (including phenoxy) is 1. The summed E-state index contributed by atoms with van der Waals surface area (Å²) in [7, 11) is -4.28. The summed E-state index contributed by atoms with van der Waals surface area (Å²) < 4.78 is 60.3. The fourth-order valence-corrected chi connectivity index (χ4v) is 3.85. The van der Waals surface area contributed by atoms with Gasteiger partial charge in [0.1, 0.15) is 4.90 Å². The molecule has 29 heavy (non-hydrogen) atoms. The summed E-state index contributed by atoms with van der Waals surface area (Å²) >= 11 is 5.87. The van der Waals surface area contributed by atoms with Crippen LogP contribution in [0.1, 0.15) is 12.5 Å². The molecule has 0 radical (unpaired) electrons. The summed E-state index contributed by atoms with van der Waals surface area (Å²) in [5.41, 5.74) is 0.108. The molecule has 152 valence electrons. The van der Waals surface area contributed by atoms with Crippen LogP contribution < -0.4 is 4.72 Å². The van der Waals surface area contributed by atoms with Gasteiger partial charge < -0.3 is 9.72 Å². The number of hydrogen-bond acceptors (Lipinski definition) is 5. The number of carbonyl (C=O) groups is 1. The van der Waals surface area contributed by atoms with E-state index in [2.05, 4.69) is 14.7 Å². The van der Waals surface area contributed by atoms with E-state index in [9.17, 15) is 22.0 Å². The van der Waals surface area contributed by atoms with Crippen molar-refractivity contribution in [2.75, 3.05) is 11.3 Å². The van der Waals surface area contributed by atoms with Crippen molar-refractivity contribution in [2.24, 2.45) is 0 Å². The number of anilines is 1. The van der Waals surface area contributed by atoms with Crippen molar-refractivity contribution < 1.29 is 26.7 Å². The number of aromatic nitrogens is 2. The van der Waals surface area contributed by atoms with E-state index in [-0.39, 0.29) is 17.1 Å². The summed E-state index contributed by atoms with van der Waals surface area (Å²) in [5, 5.41) is 0.717. The Morgan fingerprint density at radius 3 is 2.83 bits per heavy atom. The van der Waals surface area contributed by atoms with Gasteiger partial charge in [-0.05, 0) is 37.3 Å². The van der Waals surface area contributed by atoms with Gasteiger partial charge >= 0.3 is 5.97 Å². The first-order chi connectivity index (χ1) is 13.7.